The fourth-order valence-corrected chi connectivity index (χ4v) is 4.31. The number of fused-ring (bicyclic) bond motifs is 1. The number of benzene rings is 2. The average Bonchev–Trinajstić information content (AvgIpc) is 2.76. The Balaban J connectivity index is 1.20. The standard InChI is InChI=1S/C23H27FN4O2/c24-20-5-7-21(8-6-20)25-22(29)16-26-11-13-27(14-12-26)17-23(30)28-10-9-18-3-1-2-4-19(18)15-28/h1-8H,9-17H2,(H,25,29)/p+2. The normalized spacial score (nSPS) is 21.0. The van der Waals surface area contributed by atoms with Crippen molar-refractivity contribution in [1.82, 2.24) is 4.90 Å². The Kier molecular flexibility index (Phi) is 6.40. The number of amides is 2. The Labute approximate surface area is 176 Å². The van der Waals surface area contributed by atoms with Crippen LogP contribution in [0.5, 0.6) is 0 Å². The summed E-state index contributed by atoms with van der Waals surface area (Å²) in [5.74, 6) is -0.166. The Bertz CT molecular complexity index is 894. The molecule has 1 fully saturated rings. The number of quaternary nitrogens is 2. The molecule has 2 aliphatic rings. The van der Waals surface area contributed by atoms with Gasteiger partial charge in [-0.05, 0) is 41.8 Å². The molecule has 0 unspecified atom stereocenters. The van der Waals surface area contributed by atoms with Gasteiger partial charge in [-0.1, -0.05) is 24.3 Å². The third-order valence-electron chi connectivity index (χ3n) is 6.09. The fraction of sp³-hybridized carbons (Fsp3) is 0.391. The first-order valence-corrected chi connectivity index (χ1v) is 10.6. The highest BCUT2D eigenvalue weighted by atomic mass is 19.1. The van der Waals surface area contributed by atoms with Crippen LogP contribution < -0.4 is 15.1 Å². The van der Waals surface area contributed by atoms with Crippen LogP contribution in [-0.4, -0.2) is 62.5 Å². The van der Waals surface area contributed by atoms with Crippen LogP contribution in [0, 0.1) is 5.82 Å². The van der Waals surface area contributed by atoms with Gasteiger partial charge < -0.3 is 20.0 Å². The summed E-state index contributed by atoms with van der Waals surface area (Å²) in [5, 5.41) is 2.82. The number of piperazine rings is 1. The molecule has 0 atom stereocenters. The molecule has 4 rings (SSSR count). The second-order valence-corrected chi connectivity index (χ2v) is 8.24. The summed E-state index contributed by atoms with van der Waals surface area (Å²) < 4.78 is 13.0. The zero-order valence-corrected chi connectivity index (χ0v) is 17.1. The summed E-state index contributed by atoms with van der Waals surface area (Å²) >= 11 is 0. The summed E-state index contributed by atoms with van der Waals surface area (Å²) in [4.78, 5) is 29.5. The number of anilines is 1. The first kappa shape index (κ1) is 20.5. The van der Waals surface area contributed by atoms with Crippen molar-refractivity contribution in [2.45, 2.75) is 13.0 Å². The minimum absolute atomic E-state index is 0.0666. The quantitative estimate of drug-likeness (QED) is 0.598. The number of carbonyl (C=O) groups excluding carboxylic acids is 2. The molecule has 0 radical (unpaired) electrons. The van der Waals surface area contributed by atoms with Crippen LogP contribution in [0.2, 0.25) is 0 Å². The number of nitrogens with one attached hydrogen (secondary N) is 3. The molecule has 0 aliphatic carbocycles. The van der Waals surface area contributed by atoms with Gasteiger partial charge >= 0.3 is 0 Å². The Morgan fingerprint density at radius 1 is 0.900 bits per heavy atom. The van der Waals surface area contributed by atoms with Crippen molar-refractivity contribution in [3.8, 4) is 0 Å². The van der Waals surface area contributed by atoms with Gasteiger partial charge in [-0.25, -0.2) is 4.39 Å². The van der Waals surface area contributed by atoms with Crippen molar-refractivity contribution >= 4 is 17.5 Å². The monoisotopic (exact) mass is 412 g/mol. The van der Waals surface area contributed by atoms with Crippen molar-refractivity contribution < 1.29 is 23.8 Å². The summed E-state index contributed by atoms with van der Waals surface area (Å²) in [6.45, 7) is 5.92. The van der Waals surface area contributed by atoms with E-state index in [0.717, 1.165) is 39.1 Å². The number of hydrogen-bond acceptors (Lipinski definition) is 2. The van der Waals surface area contributed by atoms with Gasteiger partial charge in [-0.3, -0.25) is 9.59 Å². The van der Waals surface area contributed by atoms with E-state index in [2.05, 4.69) is 23.5 Å². The molecular weight excluding hydrogens is 383 g/mol. The number of nitrogens with zero attached hydrogens (tertiary/aromatic N) is 1. The number of carbonyl (C=O) groups is 2. The Hall–Kier alpha value is -2.77. The van der Waals surface area contributed by atoms with Gasteiger partial charge in [0.1, 0.15) is 32.0 Å². The van der Waals surface area contributed by atoms with E-state index < -0.39 is 0 Å². The zero-order valence-electron chi connectivity index (χ0n) is 17.1. The van der Waals surface area contributed by atoms with Crippen LogP contribution in [0.25, 0.3) is 0 Å². The lowest BCUT2D eigenvalue weighted by Gasteiger charge is -2.32. The number of rotatable bonds is 5. The highest BCUT2D eigenvalue weighted by molar-refractivity contribution is 5.91. The van der Waals surface area contributed by atoms with Crippen molar-refractivity contribution in [2.75, 3.05) is 51.1 Å². The first-order chi connectivity index (χ1) is 14.6. The molecule has 158 valence electrons. The predicted molar refractivity (Wildman–Crippen MR) is 112 cm³/mol. The predicted octanol–water partition coefficient (Wildman–Crippen LogP) is -0.867. The smallest absolute Gasteiger partial charge is 0.279 e. The van der Waals surface area contributed by atoms with Crippen molar-refractivity contribution in [3.63, 3.8) is 0 Å². The third-order valence-corrected chi connectivity index (χ3v) is 6.09. The van der Waals surface area contributed by atoms with E-state index >= 15 is 0 Å². The molecule has 1 saturated heterocycles. The van der Waals surface area contributed by atoms with Gasteiger partial charge in [0.15, 0.2) is 13.1 Å². The van der Waals surface area contributed by atoms with Crippen LogP contribution in [-0.2, 0) is 22.6 Å². The van der Waals surface area contributed by atoms with Crippen molar-refractivity contribution in [2.24, 2.45) is 0 Å². The molecular formula is C23H29FN4O2+2. The molecule has 0 spiro atoms. The van der Waals surface area contributed by atoms with E-state index in [-0.39, 0.29) is 17.6 Å². The SMILES string of the molecule is O=C(C[NH+]1CC[NH+](CC(=O)N2CCc3ccccc3C2)CC1)Nc1ccc(F)cc1. The zero-order chi connectivity index (χ0) is 20.9. The maximum Gasteiger partial charge on any atom is 0.279 e. The van der Waals surface area contributed by atoms with Crippen LogP contribution in [0.4, 0.5) is 10.1 Å². The maximum absolute atomic E-state index is 13.0. The summed E-state index contributed by atoms with van der Waals surface area (Å²) in [7, 11) is 0. The molecule has 30 heavy (non-hydrogen) atoms. The van der Waals surface area contributed by atoms with Crippen LogP contribution in [0.15, 0.2) is 48.5 Å². The third kappa shape index (κ3) is 5.23. The fourth-order valence-electron chi connectivity index (χ4n) is 4.31. The largest absolute Gasteiger partial charge is 0.333 e. The molecule has 2 heterocycles. The second-order valence-electron chi connectivity index (χ2n) is 8.24. The topological polar surface area (TPSA) is 58.3 Å². The first-order valence-electron chi connectivity index (χ1n) is 10.6. The lowest BCUT2D eigenvalue weighted by Crippen LogP contribution is -3.28. The van der Waals surface area contributed by atoms with E-state index in [9.17, 15) is 14.0 Å². The number of halogens is 1. The lowest BCUT2D eigenvalue weighted by atomic mass is 10.00. The second kappa shape index (κ2) is 9.36. The molecule has 2 amide bonds. The molecule has 0 saturated carbocycles. The van der Waals surface area contributed by atoms with Gasteiger partial charge in [0.2, 0.25) is 0 Å². The summed E-state index contributed by atoms with van der Waals surface area (Å²) in [6, 6.07) is 14.2. The van der Waals surface area contributed by atoms with E-state index in [1.807, 2.05) is 11.0 Å². The van der Waals surface area contributed by atoms with E-state index in [0.29, 0.717) is 25.3 Å². The van der Waals surface area contributed by atoms with Gasteiger partial charge in [0.05, 0.1) is 0 Å². The van der Waals surface area contributed by atoms with Crippen LogP contribution in [0.3, 0.4) is 0 Å². The average molecular weight is 413 g/mol. The molecule has 2 aromatic carbocycles. The Morgan fingerprint density at radius 2 is 1.53 bits per heavy atom. The highest BCUT2D eigenvalue weighted by Crippen LogP contribution is 2.18. The molecule has 7 heteroatoms. The maximum atomic E-state index is 13.0. The van der Waals surface area contributed by atoms with E-state index in [4.69, 9.17) is 0 Å². The Morgan fingerprint density at radius 3 is 2.23 bits per heavy atom. The van der Waals surface area contributed by atoms with Gasteiger partial charge in [-0.2, -0.15) is 0 Å². The van der Waals surface area contributed by atoms with Crippen molar-refractivity contribution in [1.29, 1.82) is 0 Å². The number of hydrogen-bond donors (Lipinski definition) is 3. The van der Waals surface area contributed by atoms with Crippen LogP contribution in [0.1, 0.15) is 11.1 Å². The van der Waals surface area contributed by atoms with Crippen molar-refractivity contribution in [3.05, 3.63) is 65.5 Å². The minimum atomic E-state index is -0.318. The molecule has 0 aromatic heterocycles. The van der Waals surface area contributed by atoms with Gasteiger partial charge in [0, 0.05) is 18.8 Å². The van der Waals surface area contributed by atoms with E-state index in [1.54, 1.807) is 12.1 Å². The van der Waals surface area contributed by atoms with Gasteiger partial charge in [-0.15, -0.1) is 0 Å². The molecule has 0 bridgehead atoms. The molecule has 3 N–H and O–H groups in total. The minimum Gasteiger partial charge on any atom is -0.333 e. The van der Waals surface area contributed by atoms with Gasteiger partial charge in [0.25, 0.3) is 11.8 Å². The summed E-state index contributed by atoms with van der Waals surface area (Å²) in [5.41, 5.74) is 3.22. The molecule has 2 aliphatic heterocycles. The lowest BCUT2D eigenvalue weighted by molar-refractivity contribution is -1.00. The van der Waals surface area contributed by atoms with E-state index in [1.165, 1.54) is 33.1 Å². The molecule has 6 nitrogen and oxygen atoms in total. The highest BCUT2D eigenvalue weighted by Gasteiger charge is 2.29. The molecule has 2 aromatic rings. The summed E-state index contributed by atoms with van der Waals surface area (Å²) in [6.07, 6.45) is 0.929. The van der Waals surface area contributed by atoms with Crippen LogP contribution >= 0.6 is 0 Å².